The molecule has 0 N–H and O–H groups in total. The topological polar surface area (TPSA) is 81.2 Å². The first-order chi connectivity index (χ1) is 20.8. The minimum atomic E-state index is -0.524. The van der Waals surface area contributed by atoms with E-state index in [9.17, 15) is 9.59 Å². The maximum atomic E-state index is 13.4. The van der Waals surface area contributed by atoms with Gasteiger partial charge in [0.2, 0.25) is 5.36 Å². The Balaban J connectivity index is 1.95. The Bertz CT molecular complexity index is 1680. The number of ether oxygens (including phenoxy) is 3. The van der Waals surface area contributed by atoms with E-state index >= 15 is 0 Å². The summed E-state index contributed by atoms with van der Waals surface area (Å²) in [5.41, 5.74) is 4.69. The van der Waals surface area contributed by atoms with Gasteiger partial charge in [0.15, 0.2) is 0 Å². The van der Waals surface area contributed by atoms with Crippen LogP contribution in [0.3, 0.4) is 0 Å². The highest BCUT2D eigenvalue weighted by molar-refractivity contribution is 6.08. The third kappa shape index (κ3) is 6.58. The van der Waals surface area contributed by atoms with Gasteiger partial charge in [0, 0.05) is 47.3 Å². The van der Waals surface area contributed by atoms with Crippen molar-refractivity contribution in [3.8, 4) is 28.2 Å². The number of nitrogens with zero attached hydrogens (tertiary/aromatic N) is 2. The average Bonchev–Trinajstić information content (AvgIpc) is 3.02. The molecule has 0 amide bonds. The Hall–Kier alpha value is -4.59. The molecule has 0 saturated carbocycles. The van der Waals surface area contributed by atoms with E-state index in [4.69, 9.17) is 18.6 Å². The Morgan fingerprint density at radius 3 is 2.26 bits per heavy atom. The highest BCUT2D eigenvalue weighted by Crippen LogP contribution is 2.44. The molecule has 2 aliphatic rings. The molecule has 2 aromatic carbocycles. The molecule has 1 aliphatic heterocycles. The molecule has 43 heavy (non-hydrogen) atoms. The molecule has 1 heterocycles. The number of carbonyl (C=O) groups excluding carboxylic acids is 2. The van der Waals surface area contributed by atoms with Crippen molar-refractivity contribution in [1.82, 2.24) is 4.58 Å². The number of hydrogen-bond acceptors (Lipinski definition) is 7. The van der Waals surface area contributed by atoms with Crippen molar-refractivity contribution in [1.29, 1.82) is 0 Å². The van der Waals surface area contributed by atoms with Crippen LogP contribution in [0, 0.1) is 0 Å². The van der Waals surface area contributed by atoms with Crippen LogP contribution in [0.2, 0.25) is 0 Å². The predicted octanol–water partition coefficient (Wildman–Crippen LogP) is 6.15. The standard InChI is InChI=1S/C35H41N2O6/c1-8-36(9-2)24-16-17-27-30(20-24)43-31-22-29(37(10-3)11-4)32(40-7)21-28(31)33(27)25-14-12-13-15-26(25)35(39)42-19-18-41-34(38)23(5)6/h12-17,20-22H,5,8-11,18-19H2,1-4,6-7H3/q+1. The van der Waals surface area contributed by atoms with E-state index in [2.05, 4.69) is 55.9 Å². The van der Waals surface area contributed by atoms with E-state index in [1.54, 1.807) is 26.2 Å². The molecular weight excluding hydrogens is 544 g/mol. The SMILES string of the molecule is C=C(C)C(=O)OCCOC(=O)c1ccccc1-c1c2ccc(=[N+](CC)CC)cc-2oc2cc(N(CC)CC)c(OC)cc12. The predicted molar refractivity (Wildman–Crippen MR) is 171 cm³/mol. The van der Waals surface area contributed by atoms with E-state index in [1.807, 2.05) is 30.3 Å². The normalized spacial score (nSPS) is 10.9. The summed E-state index contributed by atoms with van der Waals surface area (Å²) in [5, 5.41) is 1.87. The van der Waals surface area contributed by atoms with Crippen LogP contribution in [0.1, 0.15) is 45.0 Å². The maximum Gasteiger partial charge on any atom is 0.338 e. The van der Waals surface area contributed by atoms with Crippen molar-refractivity contribution in [2.75, 3.05) is 51.4 Å². The summed E-state index contributed by atoms with van der Waals surface area (Å²) in [4.78, 5) is 27.4. The van der Waals surface area contributed by atoms with Crippen LogP contribution < -0.4 is 19.6 Å². The second kappa shape index (κ2) is 14.1. The Morgan fingerprint density at radius 2 is 1.60 bits per heavy atom. The summed E-state index contributed by atoms with van der Waals surface area (Å²) < 4.78 is 25.4. The van der Waals surface area contributed by atoms with Crippen LogP contribution in [0.15, 0.2) is 71.2 Å². The van der Waals surface area contributed by atoms with Crippen LogP contribution in [0.4, 0.5) is 5.69 Å². The van der Waals surface area contributed by atoms with Gasteiger partial charge in [-0.1, -0.05) is 24.8 Å². The van der Waals surface area contributed by atoms with Crippen LogP contribution in [-0.4, -0.2) is 58.4 Å². The van der Waals surface area contributed by atoms with Crippen molar-refractivity contribution in [2.45, 2.75) is 34.6 Å². The Kier molecular flexibility index (Phi) is 10.2. The van der Waals surface area contributed by atoms with Gasteiger partial charge in [-0.3, -0.25) is 0 Å². The van der Waals surface area contributed by atoms with Gasteiger partial charge >= 0.3 is 11.9 Å². The van der Waals surface area contributed by atoms with Crippen molar-refractivity contribution in [3.05, 3.63) is 77.7 Å². The van der Waals surface area contributed by atoms with Crippen LogP contribution in [-0.2, 0) is 14.3 Å². The molecule has 0 radical (unpaired) electrons. The lowest BCUT2D eigenvalue weighted by Crippen LogP contribution is -2.29. The number of hydrogen-bond donors (Lipinski definition) is 0. The molecule has 2 aromatic rings. The summed E-state index contributed by atoms with van der Waals surface area (Å²) in [7, 11) is 1.66. The van der Waals surface area contributed by atoms with E-state index in [0.717, 1.165) is 53.7 Å². The molecule has 0 saturated heterocycles. The molecule has 0 spiro atoms. The summed E-state index contributed by atoms with van der Waals surface area (Å²) in [6, 6.07) is 17.5. The van der Waals surface area contributed by atoms with Crippen molar-refractivity contribution in [3.63, 3.8) is 0 Å². The lowest BCUT2D eigenvalue weighted by Gasteiger charge is -2.25. The van der Waals surface area contributed by atoms with E-state index in [-0.39, 0.29) is 18.8 Å². The summed E-state index contributed by atoms with van der Waals surface area (Å²) >= 11 is 0. The lowest BCUT2D eigenvalue weighted by atomic mass is 9.90. The number of rotatable bonds is 12. The number of fused-ring (bicyclic) bond motifs is 2. The highest BCUT2D eigenvalue weighted by Gasteiger charge is 2.25. The third-order valence-corrected chi connectivity index (χ3v) is 7.55. The smallest absolute Gasteiger partial charge is 0.338 e. The van der Waals surface area contributed by atoms with Crippen molar-refractivity contribution >= 4 is 28.6 Å². The maximum absolute atomic E-state index is 13.4. The largest absolute Gasteiger partial charge is 0.495 e. The van der Waals surface area contributed by atoms with Gasteiger partial charge in [0.25, 0.3) is 0 Å². The first-order valence-electron chi connectivity index (χ1n) is 14.8. The molecule has 0 fully saturated rings. The fourth-order valence-electron chi connectivity index (χ4n) is 5.29. The monoisotopic (exact) mass is 585 g/mol. The summed E-state index contributed by atoms with van der Waals surface area (Å²) in [6.07, 6.45) is 0. The third-order valence-electron chi connectivity index (χ3n) is 7.55. The number of benzene rings is 3. The van der Waals surface area contributed by atoms with Crippen molar-refractivity contribution < 1.29 is 28.2 Å². The molecular formula is C35H41N2O6+. The van der Waals surface area contributed by atoms with Gasteiger partial charge < -0.3 is 23.5 Å². The molecule has 0 aromatic heterocycles. The molecule has 8 nitrogen and oxygen atoms in total. The number of anilines is 1. The molecule has 0 atom stereocenters. The minimum Gasteiger partial charge on any atom is -0.495 e. The highest BCUT2D eigenvalue weighted by atomic mass is 16.6. The van der Waals surface area contributed by atoms with Crippen molar-refractivity contribution in [2.24, 2.45) is 0 Å². The molecule has 1 aliphatic carbocycles. The van der Waals surface area contributed by atoms with E-state index in [1.165, 1.54) is 0 Å². The first kappa shape index (κ1) is 31.3. The first-order valence-corrected chi connectivity index (χ1v) is 14.8. The van der Waals surface area contributed by atoms with Crippen LogP contribution >= 0.6 is 0 Å². The van der Waals surface area contributed by atoms with Gasteiger partial charge in [-0.15, -0.1) is 0 Å². The average molecular weight is 586 g/mol. The van der Waals surface area contributed by atoms with Crippen LogP contribution in [0.25, 0.3) is 33.4 Å². The van der Waals surface area contributed by atoms with Gasteiger partial charge in [-0.2, -0.15) is 0 Å². The fourth-order valence-corrected chi connectivity index (χ4v) is 5.29. The number of carbonyl (C=O) groups is 2. The quantitative estimate of drug-likeness (QED) is 0.0649. The van der Waals surface area contributed by atoms with Gasteiger partial charge in [0.1, 0.15) is 43.4 Å². The zero-order valence-corrected chi connectivity index (χ0v) is 26.0. The summed E-state index contributed by atoms with van der Waals surface area (Å²) in [5.74, 6) is 0.378. The Morgan fingerprint density at radius 1 is 0.907 bits per heavy atom. The molecule has 4 rings (SSSR count). The van der Waals surface area contributed by atoms with Gasteiger partial charge in [-0.25, -0.2) is 14.2 Å². The van der Waals surface area contributed by atoms with Crippen LogP contribution in [0.5, 0.6) is 5.75 Å². The Labute approximate surface area is 253 Å². The molecule has 0 bridgehead atoms. The minimum absolute atomic E-state index is 0.0604. The van der Waals surface area contributed by atoms with E-state index in [0.29, 0.717) is 28.2 Å². The van der Waals surface area contributed by atoms with Gasteiger partial charge in [-0.05, 0) is 58.4 Å². The zero-order chi connectivity index (χ0) is 31.1. The molecule has 8 heteroatoms. The second-order valence-corrected chi connectivity index (χ2v) is 10.1. The van der Waals surface area contributed by atoms with Gasteiger partial charge in [0.05, 0.1) is 24.4 Å². The fraction of sp³-hybridized carbons (Fsp3) is 0.343. The summed E-state index contributed by atoms with van der Waals surface area (Å²) in [6.45, 7) is 16.8. The molecule has 226 valence electrons. The second-order valence-electron chi connectivity index (χ2n) is 10.1. The van der Waals surface area contributed by atoms with E-state index < -0.39 is 11.9 Å². The zero-order valence-electron chi connectivity index (χ0n) is 26.0. The molecule has 0 unspecified atom stereocenters. The lowest BCUT2D eigenvalue weighted by molar-refractivity contribution is -0.140. The number of methoxy groups -OCH3 is 1. The number of esters is 2.